The smallest absolute Gasteiger partial charge is 0.417 e. The van der Waals surface area contributed by atoms with Crippen molar-refractivity contribution in [2.45, 2.75) is 12.3 Å². The van der Waals surface area contributed by atoms with E-state index in [-0.39, 0.29) is 30.6 Å². The van der Waals surface area contributed by atoms with Crippen LogP contribution in [-0.2, 0) is 6.18 Å². The highest BCUT2D eigenvalue weighted by Crippen LogP contribution is 2.30. The maximum absolute atomic E-state index is 13.8. The van der Waals surface area contributed by atoms with E-state index in [2.05, 4.69) is 15.3 Å². The first-order valence-electron chi connectivity index (χ1n) is 9.55. The molecule has 1 saturated heterocycles. The molecule has 1 N–H and O–H groups in total. The molecule has 6 nitrogen and oxygen atoms in total. The van der Waals surface area contributed by atoms with E-state index in [1.807, 2.05) is 0 Å². The number of alkyl halides is 4. The summed E-state index contributed by atoms with van der Waals surface area (Å²) in [6.45, 7) is 1.13. The normalized spacial score (nSPS) is 17.4. The fourth-order valence-electron chi connectivity index (χ4n) is 3.23. The van der Waals surface area contributed by atoms with Crippen LogP contribution >= 0.6 is 0 Å². The SMILES string of the molecule is O=C(c1ccc2cc(Oc3ccc(C(F)(F)F)cn3)ccc2n1)N1CCNCC(F)C1. The van der Waals surface area contributed by atoms with Crippen molar-refractivity contribution in [3.05, 3.63) is 59.9 Å². The highest BCUT2D eigenvalue weighted by molar-refractivity contribution is 5.95. The second kappa shape index (κ2) is 8.46. The third-order valence-corrected chi connectivity index (χ3v) is 4.80. The molecule has 0 radical (unpaired) electrons. The van der Waals surface area contributed by atoms with Gasteiger partial charge in [0.15, 0.2) is 0 Å². The maximum atomic E-state index is 13.8. The molecule has 1 aliphatic rings. The molecule has 4 rings (SSSR count). The molecule has 1 aromatic carbocycles. The third-order valence-electron chi connectivity index (χ3n) is 4.80. The van der Waals surface area contributed by atoms with Gasteiger partial charge < -0.3 is 15.0 Å². The highest BCUT2D eigenvalue weighted by atomic mass is 19.4. The van der Waals surface area contributed by atoms with Crippen LogP contribution in [0.1, 0.15) is 16.1 Å². The minimum absolute atomic E-state index is 0.0124. The Balaban J connectivity index is 1.51. The summed E-state index contributed by atoms with van der Waals surface area (Å²) < 4.78 is 57.2. The quantitative estimate of drug-likeness (QED) is 0.635. The van der Waals surface area contributed by atoms with Crippen molar-refractivity contribution < 1.29 is 27.1 Å². The van der Waals surface area contributed by atoms with Crippen LogP contribution in [-0.4, -0.2) is 53.1 Å². The number of nitrogens with zero attached hydrogens (tertiary/aromatic N) is 3. The largest absolute Gasteiger partial charge is 0.439 e. The Morgan fingerprint density at radius 2 is 2.00 bits per heavy atom. The van der Waals surface area contributed by atoms with Gasteiger partial charge in [0.1, 0.15) is 17.6 Å². The van der Waals surface area contributed by atoms with Gasteiger partial charge in [-0.05, 0) is 30.3 Å². The lowest BCUT2D eigenvalue weighted by Crippen LogP contribution is -2.37. The summed E-state index contributed by atoms with van der Waals surface area (Å²) in [7, 11) is 0. The first-order valence-corrected chi connectivity index (χ1v) is 9.55. The van der Waals surface area contributed by atoms with Crippen LogP contribution in [0.15, 0.2) is 48.7 Å². The van der Waals surface area contributed by atoms with E-state index < -0.39 is 17.9 Å². The number of ether oxygens (including phenoxy) is 1. The van der Waals surface area contributed by atoms with Crippen molar-refractivity contribution in [2.24, 2.45) is 0 Å². The van der Waals surface area contributed by atoms with Crippen LogP contribution in [0.3, 0.4) is 0 Å². The maximum Gasteiger partial charge on any atom is 0.417 e. The first-order chi connectivity index (χ1) is 14.8. The van der Waals surface area contributed by atoms with Gasteiger partial charge in [0.25, 0.3) is 5.91 Å². The van der Waals surface area contributed by atoms with Gasteiger partial charge in [-0.25, -0.2) is 14.4 Å². The van der Waals surface area contributed by atoms with Gasteiger partial charge in [-0.2, -0.15) is 13.2 Å². The molecular weight excluding hydrogens is 416 g/mol. The minimum atomic E-state index is -4.47. The zero-order chi connectivity index (χ0) is 22.0. The topological polar surface area (TPSA) is 67.3 Å². The molecule has 1 unspecified atom stereocenters. The van der Waals surface area contributed by atoms with Crippen molar-refractivity contribution in [1.82, 2.24) is 20.2 Å². The molecule has 0 spiro atoms. The van der Waals surface area contributed by atoms with E-state index in [0.717, 1.165) is 12.1 Å². The van der Waals surface area contributed by atoms with Crippen LogP contribution in [0.2, 0.25) is 0 Å². The first kappa shape index (κ1) is 21.0. The second-order valence-electron chi connectivity index (χ2n) is 7.09. The van der Waals surface area contributed by atoms with Gasteiger partial charge in [0.05, 0.1) is 17.6 Å². The molecule has 162 valence electrons. The van der Waals surface area contributed by atoms with Crippen LogP contribution in [0, 0.1) is 0 Å². The molecule has 1 amide bonds. The van der Waals surface area contributed by atoms with E-state index in [1.54, 1.807) is 30.3 Å². The highest BCUT2D eigenvalue weighted by Gasteiger charge is 2.30. The van der Waals surface area contributed by atoms with Crippen molar-refractivity contribution in [3.8, 4) is 11.6 Å². The van der Waals surface area contributed by atoms with E-state index in [4.69, 9.17) is 4.74 Å². The Morgan fingerprint density at radius 1 is 1.16 bits per heavy atom. The van der Waals surface area contributed by atoms with E-state index in [0.29, 0.717) is 35.9 Å². The number of carbonyl (C=O) groups is 1. The summed E-state index contributed by atoms with van der Waals surface area (Å²) in [6, 6.07) is 10.1. The van der Waals surface area contributed by atoms with E-state index in [9.17, 15) is 22.4 Å². The molecule has 0 bridgehead atoms. The Labute approximate surface area is 174 Å². The third kappa shape index (κ3) is 4.91. The number of fused-ring (bicyclic) bond motifs is 1. The van der Waals surface area contributed by atoms with E-state index >= 15 is 0 Å². The predicted octanol–water partition coefficient (Wildman–Crippen LogP) is 3.82. The zero-order valence-corrected chi connectivity index (χ0v) is 16.2. The number of hydrogen-bond acceptors (Lipinski definition) is 5. The molecule has 0 aliphatic carbocycles. The molecule has 1 atom stereocenters. The number of nitrogens with one attached hydrogen (secondary N) is 1. The van der Waals surface area contributed by atoms with Gasteiger partial charge in [-0.3, -0.25) is 4.79 Å². The van der Waals surface area contributed by atoms with Crippen molar-refractivity contribution in [2.75, 3.05) is 26.2 Å². The summed E-state index contributed by atoms with van der Waals surface area (Å²) >= 11 is 0. The molecule has 0 saturated carbocycles. The number of carbonyl (C=O) groups excluding carboxylic acids is 1. The lowest BCUT2D eigenvalue weighted by molar-refractivity contribution is -0.137. The van der Waals surface area contributed by atoms with Crippen LogP contribution in [0.5, 0.6) is 11.6 Å². The molecule has 1 aliphatic heterocycles. The summed E-state index contributed by atoms with van der Waals surface area (Å²) in [4.78, 5) is 22.2. The molecule has 3 aromatic rings. The molecule has 1 fully saturated rings. The fraction of sp³-hybridized carbons (Fsp3) is 0.286. The van der Waals surface area contributed by atoms with Crippen molar-refractivity contribution in [1.29, 1.82) is 0 Å². The number of hydrogen-bond donors (Lipinski definition) is 1. The number of halogens is 4. The predicted molar refractivity (Wildman–Crippen MR) is 105 cm³/mol. The van der Waals surface area contributed by atoms with Gasteiger partial charge >= 0.3 is 6.18 Å². The fourth-order valence-corrected chi connectivity index (χ4v) is 3.23. The monoisotopic (exact) mass is 434 g/mol. The lowest BCUT2D eigenvalue weighted by Gasteiger charge is -2.20. The minimum Gasteiger partial charge on any atom is -0.439 e. The second-order valence-corrected chi connectivity index (χ2v) is 7.09. The molecule has 31 heavy (non-hydrogen) atoms. The van der Waals surface area contributed by atoms with Gasteiger partial charge in [-0.15, -0.1) is 0 Å². The Bertz CT molecular complexity index is 1090. The number of aromatic nitrogens is 2. The van der Waals surface area contributed by atoms with Crippen LogP contribution in [0.25, 0.3) is 10.9 Å². The van der Waals surface area contributed by atoms with Crippen molar-refractivity contribution in [3.63, 3.8) is 0 Å². The Kier molecular flexibility index (Phi) is 5.73. The van der Waals surface area contributed by atoms with Crippen LogP contribution < -0.4 is 10.1 Å². The Hall–Kier alpha value is -3.27. The molecule has 3 heterocycles. The Morgan fingerprint density at radius 3 is 2.74 bits per heavy atom. The molecular formula is C21H18F4N4O2. The zero-order valence-electron chi connectivity index (χ0n) is 16.2. The number of pyridine rings is 2. The van der Waals surface area contributed by atoms with E-state index in [1.165, 1.54) is 4.90 Å². The van der Waals surface area contributed by atoms with Gasteiger partial charge in [-0.1, -0.05) is 6.07 Å². The standard InChI is InChI=1S/C21H18F4N4O2/c22-15-11-26-7-8-29(12-15)20(30)18-4-1-13-9-16(3-5-17(13)28-18)31-19-6-2-14(10-27-19)21(23,24)25/h1-6,9-10,15,26H,7-8,11-12H2. The van der Waals surface area contributed by atoms with Gasteiger partial charge in [0.2, 0.25) is 5.88 Å². The molecule has 2 aromatic heterocycles. The summed E-state index contributed by atoms with van der Waals surface area (Å²) in [5.74, 6) is 0.0321. The average Bonchev–Trinajstić information content (AvgIpc) is 2.97. The lowest BCUT2D eigenvalue weighted by atomic mass is 10.2. The number of rotatable bonds is 3. The van der Waals surface area contributed by atoms with Crippen molar-refractivity contribution >= 4 is 16.8 Å². The average molecular weight is 434 g/mol. The summed E-state index contributed by atoms with van der Waals surface area (Å²) in [5, 5.41) is 3.60. The summed E-state index contributed by atoms with van der Waals surface area (Å²) in [5.41, 5.74) is -0.123. The number of amides is 1. The summed E-state index contributed by atoms with van der Waals surface area (Å²) in [6.07, 6.45) is -4.90. The van der Waals surface area contributed by atoms with Crippen LogP contribution in [0.4, 0.5) is 17.6 Å². The number of benzene rings is 1. The van der Waals surface area contributed by atoms with Gasteiger partial charge in [0, 0.05) is 37.3 Å². The molecule has 10 heteroatoms.